The van der Waals surface area contributed by atoms with E-state index in [9.17, 15) is 0 Å². The Morgan fingerprint density at radius 2 is 1.83 bits per heavy atom. The number of hydrogen-bond acceptors (Lipinski definition) is 1. The van der Waals surface area contributed by atoms with Gasteiger partial charge in [0.1, 0.15) is 0 Å². The molecule has 1 atom stereocenters. The van der Waals surface area contributed by atoms with Crippen LogP contribution in [0.25, 0.3) is 0 Å². The van der Waals surface area contributed by atoms with E-state index in [-0.39, 0.29) is 0 Å². The molecule has 1 rings (SSSR count). The Balaban J connectivity index is 0.000000354. The van der Waals surface area contributed by atoms with Crippen molar-refractivity contribution in [3.05, 3.63) is 0 Å². The van der Waals surface area contributed by atoms with Crippen molar-refractivity contribution in [3.8, 4) is 0 Å². The van der Waals surface area contributed by atoms with Gasteiger partial charge >= 0.3 is 0 Å². The molecule has 0 N–H and O–H groups in total. The van der Waals surface area contributed by atoms with Crippen LogP contribution in [0.4, 0.5) is 0 Å². The van der Waals surface area contributed by atoms with Crippen molar-refractivity contribution in [2.45, 2.75) is 40.5 Å². The molecule has 0 aliphatic carbocycles. The highest BCUT2D eigenvalue weighted by atomic mass is 15.1. The summed E-state index contributed by atoms with van der Waals surface area (Å²) in [6.45, 7) is 11.5. The fraction of sp³-hybridized carbons (Fsp3) is 1.00. The minimum absolute atomic E-state index is 0.884. The highest BCUT2D eigenvalue weighted by Crippen LogP contribution is 2.21. The summed E-state index contributed by atoms with van der Waals surface area (Å²) in [5, 5.41) is 0. The second-order valence-corrected chi connectivity index (χ2v) is 4.26. The van der Waals surface area contributed by atoms with Crippen LogP contribution in [0.15, 0.2) is 0 Å². The van der Waals surface area contributed by atoms with Crippen LogP contribution in [0.5, 0.6) is 0 Å². The summed E-state index contributed by atoms with van der Waals surface area (Å²) in [5.41, 5.74) is 0. The van der Waals surface area contributed by atoms with Crippen LogP contribution in [0.1, 0.15) is 40.5 Å². The summed E-state index contributed by atoms with van der Waals surface area (Å²) in [6.07, 6.45) is 2.66. The van der Waals surface area contributed by atoms with E-state index >= 15 is 0 Å². The second-order valence-electron chi connectivity index (χ2n) is 4.26. The molecule has 0 aromatic carbocycles. The average molecular weight is 171 g/mol. The maximum Gasteiger partial charge on any atom is 0.000953 e. The fourth-order valence-corrected chi connectivity index (χ4v) is 1.51. The van der Waals surface area contributed by atoms with Gasteiger partial charge in [0.05, 0.1) is 0 Å². The van der Waals surface area contributed by atoms with E-state index in [0.29, 0.717) is 0 Å². The lowest BCUT2D eigenvalue weighted by atomic mass is 9.95. The molecule has 1 fully saturated rings. The minimum Gasteiger partial charge on any atom is -0.306 e. The Labute approximate surface area is 78.1 Å². The molecule has 74 valence electrons. The molecule has 0 aromatic rings. The molecule has 0 amide bonds. The van der Waals surface area contributed by atoms with Gasteiger partial charge in [-0.05, 0) is 31.8 Å². The Bertz CT molecular complexity index is 99.2. The lowest BCUT2D eigenvalue weighted by Crippen LogP contribution is -2.16. The zero-order valence-electron chi connectivity index (χ0n) is 9.43. The summed E-state index contributed by atoms with van der Waals surface area (Å²) in [6, 6.07) is 0. The molecule has 0 spiro atoms. The fourth-order valence-electron chi connectivity index (χ4n) is 1.51. The number of rotatable bonds is 1. The van der Waals surface area contributed by atoms with Gasteiger partial charge in [-0.25, -0.2) is 0 Å². The first-order valence-electron chi connectivity index (χ1n) is 5.30. The third-order valence-electron chi connectivity index (χ3n) is 2.37. The second kappa shape index (κ2) is 6.47. The number of nitrogens with zero attached hydrogens (tertiary/aromatic N) is 1. The molecule has 1 heteroatoms. The maximum atomic E-state index is 2.42. The van der Waals surface area contributed by atoms with Crippen LogP contribution in [0.2, 0.25) is 0 Å². The van der Waals surface area contributed by atoms with Crippen LogP contribution < -0.4 is 0 Å². The normalized spacial score (nSPS) is 24.0. The van der Waals surface area contributed by atoms with Crippen molar-refractivity contribution in [2.75, 3.05) is 20.1 Å². The van der Waals surface area contributed by atoms with Gasteiger partial charge < -0.3 is 4.90 Å². The predicted octanol–water partition coefficient (Wildman–Crippen LogP) is 3.01. The van der Waals surface area contributed by atoms with E-state index in [2.05, 4.69) is 39.6 Å². The molecule has 1 unspecified atom stereocenters. The molecule has 1 aliphatic heterocycles. The summed E-state index contributed by atoms with van der Waals surface area (Å²) in [7, 11) is 2.21. The summed E-state index contributed by atoms with van der Waals surface area (Å²) < 4.78 is 0. The van der Waals surface area contributed by atoms with Crippen LogP contribution in [0, 0.1) is 11.8 Å². The van der Waals surface area contributed by atoms with Gasteiger partial charge in [0.25, 0.3) is 0 Å². The van der Waals surface area contributed by atoms with Crippen LogP contribution >= 0.6 is 0 Å². The van der Waals surface area contributed by atoms with Crippen molar-refractivity contribution in [2.24, 2.45) is 11.8 Å². The average Bonchev–Trinajstić information content (AvgIpc) is 2.37. The standard InChI is InChI=1S/C8H17N.C3H8/c1-7(2)8-4-5-9(3)6-8;1-3-2/h7-8H,4-6H2,1-3H3;3H2,1-2H3. The number of hydrogen-bond donors (Lipinski definition) is 0. The SMILES string of the molecule is CC(C)C1CCN(C)C1.CCC. The molecule has 0 radical (unpaired) electrons. The summed E-state index contributed by atoms with van der Waals surface area (Å²) in [4.78, 5) is 2.42. The van der Waals surface area contributed by atoms with E-state index in [1.807, 2.05) is 0 Å². The van der Waals surface area contributed by atoms with Gasteiger partial charge in [-0.15, -0.1) is 0 Å². The molecule has 0 aromatic heterocycles. The maximum absolute atomic E-state index is 2.42. The van der Waals surface area contributed by atoms with Crippen molar-refractivity contribution < 1.29 is 0 Å². The van der Waals surface area contributed by atoms with Gasteiger partial charge in [-0.2, -0.15) is 0 Å². The zero-order chi connectivity index (χ0) is 9.56. The molecule has 1 aliphatic rings. The highest BCUT2D eigenvalue weighted by Gasteiger charge is 2.21. The van der Waals surface area contributed by atoms with E-state index in [1.54, 1.807) is 0 Å². The Kier molecular flexibility index (Phi) is 6.45. The van der Waals surface area contributed by atoms with E-state index in [1.165, 1.54) is 25.9 Å². The van der Waals surface area contributed by atoms with Crippen LogP contribution in [-0.2, 0) is 0 Å². The topological polar surface area (TPSA) is 3.24 Å². The van der Waals surface area contributed by atoms with Crippen molar-refractivity contribution in [1.29, 1.82) is 0 Å². The van der Waals surface area contributed by atoms with E-state index in [0.717, 1.165) is 11.8 Å². The first kappa shape index (κ1) is 12.0. The molecule has 12 heavy (non-hydrogen) atoms. The monoisotopic (exact) mass is 171 g/mol. The Morgan fingerprint density at radius 1 is 1.33 bits per heavy atom. The molecule has 0 bridgehead atoms. The van der Waals surface area contributed by atoms with Gasteiger partial charge in [0.2, 0.25) is 0 Å². The van der Waals surface area contributed by atoms with Crippen LogP contribution in [0.3, 0.4) is 0 Å². The first-order valence-corrected chi connectivity index (χ1v) is 5.30. The zero-order valence-corrected chi connectivity index (χ0v) is 9.43. The molecular weight excluding hydrogens is 146 g/mol. The first-order chi connectivity index (χ1) is 5.61. The summed E-state index contributed by atoms with van der Waals surface area (Å²) in [5.74, 6) is 1.85. The number of likely N-dealkylation sites (tertiary alicyclic amines) is 1. The third-order valence-corrected chi connectivity index (χ3v) is 2.37. The van der Waals surface area contributed by atoms with E-state index in [4.69, 9.17) is 0 Å². The minimum atomic E-state index is 0.884. The van der Waals surface area contributed by atoms with Gasteiger partial charge in [-0.3, -0.25) is 0 Å². The van der Waals surface area contributed by atoms with Gasteiger partial charge in [0, 0.05) is 6.54 Å². The Morgan fingerprint density at radius 3 is 2.00 bits per heavy atom. The largest absolute Gasteiger partial charge is 0.306 e. The molecular formula is C11H25N. The van der Waals surface area contributed by atoms with Crippen molar-refractivity contribution in [3.63, 3.8) is 0 Å². The van der Waals surface area contributed by atoms with E-state index < -0.39 is 0 Å². The van der Waals surface area contributed by atoms with Crippen molar-refractivity contribution in [1.82, 2.24) is 4.90 Å². The molecule has 0 saturated carbocycles. The third kappa shape index (κ3) is 4.76. The van der Waals surface area contributed by atoms with Crippen molar-refractivity contribution >= 4 is 0 Å². The van der Waals surface area contributed by atoms with Crippen LogP contribution in [-0.4, -0.2) is 25.0 Å². The smallest absolute Gasteiger partial charge is 0.000953 e. The van der Waals surface area contributed by atoms with Gasteiger partial charge in [0.15, 0.2) is 0 Å². The van der Waals surface area contributed by atoms with Gasteiger partial charge in [-0.1, -0.05) is 34.1 Å². The lowest BCUT2D eigenvalue weighted by molar-refractivity contribution is 0.352. The predicted molar refractivity (Wildman–Crippen MR) is 56.4 cm³/mol. The Hall–Kier alpha value is -0.0400. The molecule has 1 saturated heterocycles. The summed E-state index contributed by atoms with van der Waals surface area (Å²) >= 11 is 0. The highest BCUT2D eigenvalue weighted by molar-refractivity contribution is 4.74. The quantitative estimate of drug-likeness (QED) is 0.586. The molecule has 1 heterocycles. The molecule has 1 nitrogen and oxygen atoms in total. The lowest BCUT2D eigenvalue weighted by Gasteiger charge is -2.13.